The Morgan fingerprint density at radius 2 is 2.12 bits per heavy atom. The van der Waals surface area contributed by atoms with E-state index in [4.69, 9.17) is 10.5 Å². The molecular weight excluding hydrogens is 278 g/mol. The average Bonchev–Trinajstić information content (AvgIpc) is 2.29. The second-order valence-corrected chi connectivity index (χ2v) is 5.26. The van der Waals surface area contributed by atoms with E-state index in [9.17, 15) is 0 Å². The van der Waals surface area contributed by atoms with Gasteiger partial charge in [0.25, 0.3) is 0 Å². The van der Waals surface area contributed by atoms with Crippen molar-refractivity contribution in [2.45, 2.75) is 33.1 Å². The second-order valence-electron chi connectivity index (χ2n) is 4.41. The van der Waals surface area contributed by atoms with Gasteiger partial charge in [0, 0.05) is 4.47 Å². The molecule has 0 aliphatic heterocycles. The molecule has 17 heavy (non-hydrogen) atoms. The zero-order valence-electron chi connectivity index (χ0n) is 10.7. The zero-order valence-corrected chi connectivity index (χ0v) is 12.3. The first-order valence-electron chi connectivity index (χ1n) is 6.28. The lowest BCUT2D eigenvalue weighted by Gasteiger charge is -2.11. The molecule has 0 fully saturated rings. The monoisotopic (exact) mass is 299 g/mol. The third-order valence-corrected chi connectivity index (χ3v) is 3.64. The smallest absolute Gasteiger partial charge is 0.120 e. The topological polar surface area (TPSA) is 35.2 Å². The van der Waals surface area contributed by atoms with Gasteiger partial charge in [-0.05, 0) is 56.3 Å². The van der Waals surface area contributed by atoms with Crippen LogP contribution in [0.2, 0.25) is 0 Å². The van der Waals surface area contributed by atoms with Crippen LogP contribution in [0.25, 0.3) is 0 Å². The van der Waals surface area contributed by atoms with E-state index >= 15 is 0 Å². The molecule has 1 rings (SSSR count). The molecule has 0 bridgehead atoms. The summed E-state index contributed by atoms with van der Waals surface area (Å²) in [6, 6.07) is 6.23. The van der Waals surface area contributed by atoms with Crippen LogP contribution in [0.15, 0.2) is 22.7 Å². The fourth-order valence-corrected chi connectivity index (χ4v) is 2.37. The van der Waals surface area contributed by atoms with Crippen LogP contribution in [0.1, 0.15) is 32.3 Å². The Morgan fingerprint density at radius 3 is 2.71 bits per heavy atom. The quantitative estimate of drug-likeness (QED) is 0.832. The second kappa shape index (κ2) is 7.72. The van der Waals surface area contributed by atoms with Gasteiger partial charge >= 0.3 is 0 Å². The highest BCUT2D eigenvalue weighted by Crippen LogP contribution is 2.25. The number of halogens is 1. The van der Waals surface area contributed by atoms with Gasteiger partial charge in [0.1, 0.15) is 5.75 Å². The molecule has 0 amide bonds. The van der Waals surface area contributed by atoms with Gasteiger partial charge in [0.2, 0.25) is 0 Å². The Morgan fingerprint density at radius 1 is 1.35 bits per heavy atom. The molecule has 0 heterocycles. The van der Waals surface area contributed by atoms with Crippen LogP contribution in [0.3, 0.4) is 0 Å². The van der Waals surface area contributed by atoms with Crippen molar-refractivity contribution in [3.8, 4) is 5.75 Å². The van der Waals surface area contributed by atoms with E-state index in [2.05, 4.69) is 28.9 Å². The molecule has 0 saturated carbocycles. The summed E-state index contributed by atoms with van der Waals surface area (Å²) in [5, 5.41) is 0. The van der Waals surface area contributed by atoms with Crippen LogP contribution < -0.4 is 10.5 Å². The molecule has 0 aromatic heterocycles. The standard InChI is InChI=1S/C14H22BrNO/c1-3-17-13-7-6-12(14(15)10-13)5-4-11(2)8-9-16/h6-7,10-11H,3-5,8-9,16H2,1-2H3. The van der Waals surface area contributed by atoms with E-state index in [1.165, 1.54) is 12.0 Å². The number of rotatable bonds is 7. The first-order chi connectivity index (χ1) is 8.17. The normalized spacial score (nSPS) is 12.5. The number of aryl methyl sites for hydroxylation is 1. The summed E-state index contributed by atoms with van der Waals surface area (Å²) in [6.45, 7) is 5.75. The van der Waals surface area contributed by atoms with E-state index < -0.39 is 0 Å². The maximum Gasteiger partial charge on any atom is 0.120 e. The molecule has 1 aromatic rings. The van der Waals surface area contributed by atoms with Gasteiger partial charge in [-0.3, -0.25) is 0 Å². The van der Waals surface area contributed by atoms with Gasteiger partial charge in [0.15, 0.2) is 0 Å². The largest absolute Gasteiger partial charge is 0.494 e. The van der Waals surface area contributed by atoms with Gasteiger partial charge in [-0.1, -0.05) is 28.9 Å². The lowest BCUT2D eigenvalue weighted by atomic mass is 9.98. The number of hydrogen-bond acceptors (Lipinski definition) is 2. The van der Waals surface area contributed by atoms with Crippen molar-refractivity contribution < 1.29 is 4.74 Å². The molecular formula is C14H22BrNO. The summed E-state index contributed by atoms with van der Waals surface area (Å²) in [5.41, 5.74) is 6.90. The van der Waals surface area contributed by atoms with E-state index in [0.717, 1.165) is 29.6 Å². The molecule has 0 aliphatic rings. The van der Waals surface area contributed by atoms with Crippen molar-refractivity contribution in [1.29, 1.82) is 0 Å². The summed E-state index contributed by atoms with van der Waals surface area (Å²) < 4.78 is 6.60. The fourth-order valence-electron chi connectivity index (χ4n) is 1.82. The minimum Gasteiger partial charge on any atom is -0.494 e. The molecule has 3 heteroatoms. The van der Waals surface area contributed by atoms with Crippen LogP contribution in [0.4, 0.5) is 0 Å². The van der Waals surface area contributed by atoms with Crippen LogP contribution in [0, 0.1) is 5.92 Å². The summed E-state index contributed by atoms with van der Waals surface area (Å²) in [4.78, 5) is 0. The molecule has 0 aliphatic carbocycles. The highest BCUT2D eigenvalue weighted by Gasteiger charge is 2.05. The molecule has 2 N–H and O–H groups in total. The maximum atomic E-state index is 5.56. The Kier molecular flexibility index (Phi) is 6.60. The SMILES string of the molecule is CCOc1ccc(CCC(C)CCN)c(Br)c1. The molecule has 0 spiro atoms. The Labute approximate surface area is 113 Å². The molecule has 2 nitrogen and oxygen atoms in total. The van der Waals surface area contributed by atoms with E-state index in [0.29, 0.717) is 12.5 Å². The summed E-state index contributed by atoms with van der Waals surface area (Å²) in [5.74, 6) is 1.62. The van der Waals surface area contributed by atoms with Crippen molar-refractivity contribution >= 4 is 15.9 Å². The van der Waals surface area contributed by atoms with E-state index in [1.807, 2.05) is 19.1 Å². The number of benzene rings is 1. The fraction of sp³-hybridized carbons (Fsp3) is 0.571. The Hall–Kier alpha value is -0.540. The van der Waals surface area contributed by atoms with Gasteiger partial charge in [-0.25, -0.2) is 0 Å². The molecule has 0 radical (unpaired) electrons. The van der Waals surface area contributed by atoms with Crippen molar-refractivity contribution in [3.63, 3.8) is 0 Å². The summed E-state index contributed by atoms with van der Waals surface area (Å²) in [7, 11) is 0. The highest BCUT2D eigenvalue weighted by molar-refractivity contribution is 9.10. The third-order valence-electron chi connectivity index (χ3n) is 2.90. The number of ether oxygens (including phenoxy) is 1. The van der Waals surface area contributed by atoms with Crippen molar-refractivity contribution in [2.24, 2.45) is 11.7 Å². The minimum atomic E-state index is 0.693. The van der Waals surface area contributed by atoms with Crippen LogP contribution >= 0.6 is 15.9 Å². The lowest BCUT2D eigenvalue weighted by molar-refractivity contribution is 0.340. The molecule has 0 saturated heterocycles. The Balaban J connectivity index is 2.54. The number of hydrogen-bond donors (Lipinski definition) is 1. The van der Waals surface area contributed by atoms with Gasteiger partial charge < -0.3 is 10.5 Å². The molecule has 1 atom stereocenters. The molecule has 1 aromatic carbocycles. The van der Waals surface area contributed by atoms with Gasteiger partial charge in [-0.2, -0.15) is 0 Å². The van der Waals surface area contributed by atoms with Gasteiger partial charge in [-0.15, -0.1) is 0 Å². The van der Waals surface area contributed by atoms with E-state index in [1.54, 1.807) is 0 Å². The highest BCUT2D eigenvalue weighted by atomic mass is 79.9. The molecule has 1 unspecified atom stereocenters. The van der Waals surface area contributed by atoms with Crippen molar-refractivity contribution in [1.82, 2.24) is 0 Å². The first-order valence-corrected chi connectivity index (χ1v) is 7.08. The predicted molar refractivity (Wildman–Crippen MR) is 76.5 cm³/mol. The predicted octanol–water partition coefficient (Wildman–Crippen LogP) is 3.77. The van der Waals surface area contributed by atoms with Crippen LogP contribution in [-0.4, -0.2) is 13.2 Å². The van der Waals surface area contributed by atoms with Crippen LogP contribution in [0.5, 0.6) is 5.75 Å². The van der Waals surface area contributed by atoms with Crippen LogP contribution in [-0.2, 0) is 6.42 Å². The zero-order chi connectivity index (χ0) is 12.7. The van der Waals surface area contributed by atoms with Crippen molar-refractivity contribution in [3.05, 3.63) is 28.2 Å². The lowest BCUT2D eigenvalue weighted by Crippen LogP contribution is -2.06. The summed E-state index contributed by atoms with van der Waals surface area (Å²) in [6.07, 6.45) is 3.38. The van der Waals surface area contributed by atoms with E-state index in [-0.39, 0.29) is 0 Å². The minimum absolute atomic E-state index is 0.693. The Bertz CT molecular complexity index is 341. The average molecular weight is 300 g/mol. The summed E-state index contributed by atoms with van der Waals surface area (Å²) >= 11 is 3.60. The first kappa shape index (κ1) is 14.5. The third kappa shape index (κ3) is 5.09. The maximum absolute atomic E-state index is 5.56. The number of nitrogens with two attached hydrogens (primary N) is 1. The van der Waals surface area contributed by atoms with Gasteiger partial charge in [0.05, 0.1) is 6.61 Å². The van der Waals surface area contributed by atoms with Crippen molar-refractivity contribution in [2.75, 3.05) is 13.2 Å². The molecule has 96 valence electrons.